The van der Waals surface area contributed by atoms with Crippen molar-refractivity contribution in [2.24, 2.45) is 0 Å². The molecule has 0 aliphatic heterocycles. The summed E-state index contributed by atoms with van der Waals surface area (Å²) in [7, 11) is 1.70. The number of para-hydroxylation sites is 1. The number of ether oxygens (including phenoxy) is 2. The number of hydrogen-bond donors (Lipinski definition) is 1. The van der Waals surface area contributed by atoms with Crippen LogP contribution in [0.5, 0.6) is 11.5 Å². The third kappa shape index (κ3) is 6.59. The molecule has 148 valence electrons. The van der Waals surface area contributed by atoms with Gasteiger partial charge in [0.25, 0.3) is 0 Å². The Morgan fingerprint density at radius 3 is 2.30 bits per heavy atom. The van der Waals surface area contributed by atoms with Crippen LogP contribution in [-0.4, -0.2) is 13.7 Å². The van der Waals surface area contributed by atoms with E-state index in [1.165, 1.54) is 24.0 Å². The van der Waals surface area contributed by atoms with E-state index in [4.69, 9.17) is 9.47 Å². The Morgan fingerprint density at radius 1 is 0.926 bits per heavy atom. The van der Waals surface area contributed by atoms with Crippen molar-refractivity contribution in [3.05, 3.63) is 59.2 Å². The third-order valence-corrected chi connectivity index (χ3v) is 4.74. The highest BCUT2D eigenvalue weighted by Gasteiger charge is 2.13. The summed E-state index contributed by atoms with van der Waals surface area (Å²) in [5, 5.41) is 3.53. The maximum Gasteiger partial charge on any atom is 0.165 e. The van der Waals surface area contributed by atoms with E-state index in [1.807, 2.05) is 12.1 Å². The second kappa shape index (κ2) is 10.4. The Morgan fingerprint density at radius 2 is 1.67 bits per heavy atom. The van der Waals surface area contributed by atoms with Crippen molar-refractivity contribution in [1.29, 1.82) is 0 Å². The molecule has 0 fully saturated rings. The first-order chi connectivity index (χ1) is 13.0. The second-order valence-electron chi connectivity index (χ2n) is 8.05. The molecular weight excluding hydrogens is 334 g/mol. The summed E-state index contributed by atoms with van der Waals surface area (Å²) in [6.45, 7) is 11.2. The summed E-state index contributed by atoms with van der Waals surface area (Å²) in [6, 6.07) is 15.0. The third-order valence-electron chi connectivity index (χ3n) is 4.74. The number of hydrogen-bond acceptors (Lipinski definition) is 3. The van der Waals surface area contributed by atoms with Crippen LogP contribution in [0.3, 0.4) is 0 Å². The van der Waals surface area contributed by atoms with E-state index < -0.39 is 0 Å². The van der Waals surface area contributed by atoms with E-state index in [2.05, 4.69) is 63.3 Å². The highest BCUT2D eigenvalue weighted by molar-refractivity contribution is 5.46. The summed E-state index contributed by atoms with van der Waals surface area (Å²) >= 11 is 0. The van der Waals surface area contributed by atoms with Gasteiger partial charge >= 0.3 is 0 Å². The standard InChI is InChI=1S/C24H35NO2/c1-6-7-8-16-27-23-20(10-9-11-22(23)26-5)18-25-17-19-12-14-21(15-13-19)24(2,3)4/h9-15,25H,6-8,16-18H2,1-5H3. The average Bonchev–Trinajstić information content (AvgIpc) is 2.65. The molecule has 0 unspecified atom stereocenters. The number of unbranched alkanes of at least 4 members (excludes halogenated alkanes) is 2. The van der Waals surface area contributed by atoms with Gasteiger partial charge in [-0.3, -0.25) is 0 Å². The van der Waals surface area contributed by atoms with E-state index in [0.29, 0.717) is 0 Å². The minimum atomic E-state index is 0.191. The van der Waals surface area contributed by atoms with Gasteiger partial charge in [-0.15, -0.1) is 0 Å². The van der Waals surface area contributed by atoms with E-state index in [9.17, 15) is 0 Å². The number of nitrogens with one attached hydrogen (secondary N) is 1. The molecule has 0 amide bonds. The second-order valence-corrected chi connectivity index (χ2v) is 8.05. The fraction of sp³-hybridized carbons (Fsp3) is 0.500. The maximum absolute atomic E-state index is 6.05. The van der Waals surface area contributed by atoms with Gasteiger partial charge in [-0.05, 0) is 29.0 Å². The lowest BCUT2D eigenvalue weighted by Crippen LogP contribution is -2.15. The molecule has 0 spiro atoms. The number of rotatable bonds is 10. The summed E-state index contributed by atoms with van der Waals surface area (Å²) < 4.78 is 11.6. The zero-order valence-electron chi connectivity index (χ0n) is 17.6. The molecule has 3 nitrogen and oxygen atoms in total. The molecule has 27 heavy (non-hydrogen) atoms. The summed E-state index contributed by atoms with van der Waals surface area (Å²) in [4.78, 5) is 0. The highest BCUT2D eigenvalue weighted by atomic mass is 16.5. The molecule has 0 saturated heterocycles. The minimum absolute atomic E-state index is 0.191. The van der Waals surface area contributed by atoms with Gasteiger partial charge in [0.05, 0.1) is 13.7 Å². The lowest BCUT2D eigenvalue weighted by molar-refractivity contribution is 0.282. The molecule has 2 aromatic carbocycles. The Hall–Kier alpha value is -2.00. The van der Waals surface area contributed by atoms with Gasteiger partial charge in [0.2, 0.25) is 0 Å². The smallest absolute Gasteiger partial charge is 0.165 e. The molecule has 3 heteroatoms. The highest BCUT2D eigenvalue weighted by Crippen LogP contribution is 2.31. The van der Waals surface area contributed by atoms with E-state index >= 15 is 0 Å². The van der Waals surface area contributed by atoms with Crippen LogP contribution in [0.4, 0.5) is 0 Å². The number of methoxy groups -OCH3 is 1. The van der Waals surface area contributed by atoms with E-state index in [-0.39, 0.29) is 5.41 Å². The van der Waals surface area contributed by atoms with Crippen molar-refractivity contribution in [2.75, 3.05) is 13.7 Å². The van der Waals surface area contributed by atoms with Gasteiger partial charge in [0, 0.05) is 18.7 Å². The fourth-order valence-electron chi connectivity index (χ4n) is 3.02. The van der Waals surface area contributed by atoms with E-state index in [0.717, 1.165) is 43.2 Å². The number of benzene rings is 2. The van der Waals surface area contributed by atoms with E-state index in [1.54, 1.807) is 7.11 Å². The Labute approximate surface area is 165 Å². The minimum Gasteiger partial charge on any atom is -0.493 e. The molecule has 0 heterocycles. The lowest BCUT2D eigenvalue weighted by Gasteiger charge is -2.19. The van der Waals surface area contributed by atoms with Crippen molar-refractivity contribution in [2.45, 2.75) is 65.5 Å². The predicted octanol–water partition coefficient (Wildman–Crippen LogP) is 5.85. The molecule has 0 aliphatic rings. The molecule has 0 aliphatic carbocycles. The van der Waals surface area contributed by atoms with Crippen molar-refractivity contribution in [1.82, 2.24) is 5.32 Å². The van der Waals surface area contributed by atoms with Crippen LogP contribution in [-0.2, 0) is 18.5 Å². The monoisotopic (exact) mass is 369 g/mol. The van der Waals surface area contributed by atoms with Gasteiger partial charge in [-0.2, -0.15) is 0 Å². The molecular formula is C24H35NO2. The van der Waals surface area contributed by atoms with Crippen LogP contribution in [0.2, 0.25) is 0 Å². The van der Waals surface area contributed by atoms with Crippen LogP contribution < -0.4 is 14.8 Å². The van der Waals surface area contributed by atoms with Gasteiger partial charge in [-0.25, -0.2) is 0 Å². The predicted molar refractivity (Wildman–Crippen MR) is 114 cm³/mol. The van der Waals surface area contributed by atoms with Gasteiger partial charge < -0.3 is 14.8 Å². The molecule has 2 aromatic rings. The quantitative estimate of drug-likeness (QED) is 0.533. The Bertz CT molecular complexity index is 687. The van der Waals surface area contributed by atoms with Crippen molar-refractivity contribution in [3.63, 3.8) is 0 Å². The van der Waals surface area contributed by atoms with Crippen LogP contribution in [0.15, 0.2) is 42.5 Å². The molecule has 0 atom stereocenters. The first-order valence-electron chi connectivity index (χ1n) is 10.0. The van der Waals surface area contributed by atoms with Gasteiger partial charge in [-0.1, -0.05) is 76.9 Å². The Balaban J connectivity index is 1.96. The summed E-state index contributed by atoms with van der Waals surface area (Å²) in [5.41, 5.74) is 3.98. The molecule has 0 saturated carbocycles. The average molecular weight is 370 g/mol. The molecule has 0 radical (unpaired) electrons. The molecule has 0 aromatic heterocycles. The topological polar surface area (TPSA) is 30.5 Å². The van der Waals surface area contributed by atoms with Gasteiger partial charge in [0.15, 0.2) is 11.5 Å². The zero-order valence-corrected chi connectivity index (χ0v) is 17.6. The van der Waals surface area contributed by atoms with Gasteiger partial charge in [0.1, 0.15) is 0 Å². The molecule has 0 bridgehead atoms. The fourth-order valence-corrected chi connectivity index (χ4v) is 3.02. The SMILES string of the molecule is CCCCCOc1c(CNCc2ccc(C(C)(C)C)cc2)cccc1OC. The molecule has 2 rings (SSSR count). The van der Waals surface area contributed by atoms with Crippen molar-refractivity contribution >= 4 is 0 Å². The Kier molecular flexibility index (Phi) is 8.18. The summed E-state index contributed by atoms with van der Waals surface area (Å²) in [5.74, 6) is 1.67. The lowest BCUT2D eigenvalue weighted by atomic mass is 9.87. The van der Waals surface area contributed by atoms with Crippen LogP contribution >= 0.6 is 0 Å². The van der Waals surface area contributed by atoms with Crippen LogP contribution in [0, 0.1) is 0 Å². The summed E-state index contributed by atoms with van der Waals surface area (Å²) in [6.07, 6.45) is 3.45. The first-order valence-corrected chi connectivity index (χ1v) is 10.0. The molecule has 1 N–H and O–H groups in total. The van der Waals surface area contributed by atoms with Crippen molar-refractivity contribution in [3.8, 4) is 11.5 Å². The largest absolute Gasteiger partial charge is 0.493 e. The normalized spacial score (nSPS) is 11.4. The maximum atomic E-state index is 6.05. The zero-order chi connectivity index (χ0) is 19.7. The first kappa shape index (κ1) is 21.3. The van der Waals surface area contributed by atoms with Crippen molar-refractivity contribution < 1.29 is 9.47 Å². The van der Waals surface area contributed by atoms with Crippen LogP contribution in [0.25, 0.3) is 0 Å². The van der Waals surface area contributed by atoms with Crippen LogP contribution in [0.1, 0.15) is 63.6 Å².